The second-order valence-corrected chi connectivity index (χ2v) is 6.30. The summed E-state index contributed by atoms with van der Waals surface area (Å²) in [6.45, 7) is 5.27. The Bertz CT molecular complexity index is 217. The van der Waals surface area contributed by atoms with Crippen LogP contribution >= 0.6 is 8.25 Å². The van der Waals surface area contributed by atoms with E-state index in [-0.39, 0.29) is 0 Å². The van der Waals surface area contributed by atoms with Crippen LogP contribution in [0.25, 0.3) is 0 Å². The normalized spacial score (nSPS) is 11.0. The van der Waals surface area contributed by atoms with Gasteiger partial charge in [-0.15, -0.1) is 9.35 Å². The first-order chi connectivity index (χ1) is 10.8. The van der Waals surface area contributed by atoms with Crippen molar-refractivity contribution >= 4 is 8.25 Å². The smallest absolute Gasteiger partial charge is 0.223 e. The molecule has 0 heterocycles. The first-order valence-corrected chi connectivity index (χ1v) is 9.97. The molecule has 0 unspecified atom stereocenters. The van der Waals surface area contributed by atoms with Gasteiger partial charge in [0.1, 0.15) is 0 Å². The Morgan fingerprint density at radius 2 is 0.955 bits per heavy atom. The Morgan fingerprint density at radius 1 is 0.591 bits per heavy atom. The summed E-state index contributed by atoms with van der Waals surface area (Å²) in [4.78, 5) is 9.67. The number of rotatable bonds is 18. The van der Waals surface area contributed by atoms with Gasteiger partial charge in [-0.3, -0.25) is 0 Å². The molecule has 0 bridgehead atoms. The predicted octanol–water partition coefficient (Wildman–Crippen LogP) is 6.26. The maximum atomic E-state index is 11.2. The Labute approximate surface area is 136 Å². The summed E-state index contributed by atoms with van der Waals surface area (Å²) >= 11 is 0. The third-order valence-electron chi connectivity index (χ3n) is 3.39. The molecule has 0 spiro atoms. The molecule has 22 heavy (non-hydrogen) atoms. The van der Waals surface area contributed by atoms with Gasteiger partial charge in [0.25, 0.3) is 0 Å². The van der Waals surface area contributed by atoms with E-state index in [4.69, 9.17) is 9.78 Å². The van der Waals surface area contributed by atoms with Gasteiger partial charge in [0.05, 0.1) is 13.2 Å². The quantitative estimate of drug-likeness (QED) is 0.128. The van der Waals surface area contributed by atoms with Crippen molar-refractivity contribution in [2.45, 2.75) is 90.9 Å². The Kier molecular flexibility index (Phi) is 18.9. The van der Waals surface area contributed by atoms with E-state index < -0.39 is 8.25 Å². The van der Waals surface area contributed by atoms with E-state index in [2.05, 4.69) is 23.2 Å². The molecule has 1 radical (unpaired) electrons. The minimum absolute atomic E-state index is 0.438. The molecular weight excluding hydrogens is 303 g/mol. The van der Waals surface area contributed by atoms with Crippen molar-refractivity contribution in [1.29, 1.82) is 0 Å². The maximum absolute atomic E-state index is 11.2. The van der Waals surface area contributed by atoms with E-state index in [0.717, 1.165) is 25.7 Å². The van der Waals surface area contributed by atoms with Crippen LogP contribution in [0.3, 0.4) is 0 Å². The number of unbranched alkanes of at least 4 members (excludes halogenated alkanes) is 10. The van der Waals surface area contributed by atoms with Crippen LogP contribution in [0.15, 0.2) is 0 Å². The standard InChI is InChI=1S/C16H34O5P/c1-3-5-7-9-11-13-15-18-20-22(17)21-19-16-14-12-10-8-6-4-2/h3-16H2,1-2H3. The van der Waals surface area contributed by atoms with E-state index in [1.54, 1.807) is 0 Å². The lowest BCUT2D eigenvalue weighted by Gasteiger charge is -2.04. The fraction of sp³-hybridized carbons (Fsp3) is 1.00. The molecule has 0 rings (SSSR count). The molecule has 0 N–H and O–H groups in total. The third kappa shape index (κ3) is 18.0. The molecule has 0 aromatic carbocycles. The summed E-state index contributed by atoms with van der Waals surface area (Å²) in [6.07, 6.45) is 14.0. The highest BCUT2D eigenvalue weighted by Crippen LogP contribution is 2.24. The molecule has 0 saturated heterocycles. The Hall–Kier alpha value is -0.0600. The second-order valence-electron chi connectivity index (χ2n) is 5.55. The zero-order chi connectivity index (χ0) is 16.3. The summed E-state index contributed by atoms with van der Waals surface area (Å²) in [7, 11) is -2.34. The second kappa shape index (κ2) is 19.0. The highest BCUT2D eigenvalue weighted by Gasteiger charge is 2.04. The molecule has 6 heteroatoms. The van der Waals surface area contributed by atoms with E-state index in [1.807, 2.05) is 0 Å². The number of hydrogen-bond acceptors (Lipinski definition) is 5. The lowest BCUT2D eigenvalue weighted by atomic mass is 10.1. The predicted molar refractivity (Wildman–Crippen MR) is 88.4 cm³/mol. The van der Waals surface area contributed by atoms with E-state index in [0.29, 0.717) is 13.2 Å². The molecule has 0 aliphatic rings. The van der Waals surface area contributed by atoms with Crippen LogP contribution in [0, 0.1) is 0 Å². The molecular formula is C16H34O5P. The average Bonchev–Trinajstić information content (AvgIpc) is 2.52. The summed E-state index contributed by atoms with van der Waals surface area (Å²) in [6, 6.07) is 0. The van der Waals surface area contributed by atoms with Crippen molar-refractivity contribution < 1.29 is 23.7 Å². The van der Waals surface area contributed by atoms with Gasteiger partial charge in [0, 0.05) is 0 Å². The lowest BCUT2D eigenvalue weighted by Crippen LogP contribution is -1.95. The molecule has 133 valence electrons. The highest BCUT2D eigenvalue weighted by molar-refractivity contribution is 7.32. The van der Waals surface area contributed by atoms with Gasteiger partial charge in [0.2, 0.25) is 0 Å². The van der Waals surface area contributed by atoms with E-state index in [1.165, 1.54) is 51.4 Å². The third-order valence-corrected chi connectivity index (χ3v) is 3.84. The van der Waals surface area contributed by atoms with Crippen molar-refractivity contribution in [2.75, 3.05) is 13.2 Å². The Balaban J connectivity index is 3.13. The van der Waals surface area contributed by atoms with Gasteiger partial charge in [-0.2, -0.15) is 0 Å². The van der Waals surface area contributed by atoms with Crippen molar-refractivity contribution in [3.05, 3.63) is 0 Å². The molecule has 0 amide bonds. The largest absolute Gasteiger partial charge is 0.427 e. The van der Waals surface area contributed by atoms with E-state index >= 15 is 0 Å². The first-order valence-electron chi connectivity index (χ1n) is 8.87. The van der Waals surface area contributed by atoms with Gasteiger partial charge in [-0.05, 0) is 12.8 Å². The lowest BCUT2D eigenvalue weighted by molar-refractivity contribution is -0.259. The molecule has 0 aliphatic carbocycles. The van der Waals surface area contributed by atoms with Crippen LogP contribution in [-0.2, 0) is 23.7 Å². The van der Waals surface area contributed by atoms with Crippen LogP contribution in [0.5, 0.6) is 0 Å². The van der Waals surface area contributed by atoms with Crippen molar-refractivity contribution in [3.8, 4) is 0 Å². The van der Waals surface area contributed by atoms with Crippen molar-refractivity contribution in [2.24, 2.45) is 0 Å². The Morgan fingerprint density at radius 3 is 1.36 bits per heavy atom. The van der Waals surface area contributed by atoms with Crippen molar-refractivity contribution in [3.63, 3.8) is 0 Å². The average molecular weight is 337 g/mol. The minimum Gasteiger partial charge on any atom is -0.223 e. The SMILES string of the molecule is CCCCCCCCOO[P](=O)OOCCCCCCCC. The molecule has 0 fully saturated rings. The van der Waals surface area contributed by atoms with Gasteiger partial charge in [-0.1, -0.05) is 78.1 Å². The molecule has 5 nitrogen and oxygen atoms in total. The van der Waals surface area contributed by atoms with Gasteiger partial charge in [-0.25, -0.2) is 14.3 Å². The zero-order valence-electron chi connectivity index (χ0n) is 14.4. The van der Waals surface area contributed by atoms with Crippen molar-refractivity contribution in [1.82, 2.24) is 0 Å². The maximum Gasteiger partial charge on any atom is 0.427 e. The molecule has 0 aliphatic heterocycles. The molecule has 0 aromatic heterocycles. The molecule has 0 saturated carbocycles. The monoisotopic (exact) mass is 337 g/mol. The molecule has 0 aromatic rings. The van der Waals surface area contributed by atoms with Gasteiger partial charge in [0.15, 0.2) is 0 Å². The minimum atomic E-state index is -2.34. The van der Waals surface area contributed by atoms with Crippen LogP contribution in [0.4, 0.5) is 0 Å². The topological polar surface area (TPSA) is 54.0 Å². The first kappa shape index (κ1) is 21.9. The fourth-order valence-corrected chi connectivity index (χ4v) is 2.40. The summed E-state index contributed by atoms with van der Waals surface area (Å²) in [5, 5.41) is 0. The van der Waals surface area contributed by atoms with Gasteiger partial charge >= 0.3 is 8.25 Å². The van der Waals surface area contributed by atoms with Crippen LogP contribution in [-0.4, -0.2) is 13.2 Å². The zero-order valence-corrected chi connectivity index (χ0v) is 15.3. The van der Waals surface area contributed by atoms with E-state index in [9.17, 15) is 4.57 Å². The van der Waals surface area contributed by atoms with Crippen LogP contribution in [0.1, 0.15) is 90.9 Å². The highest BCUT2D eigenvalue weighted by atomic mass is 31.1. The summed E-state index contributed by atoms with van der Waals surface area (Å²) in [5.74, 6) is 0. The summed E-state index contributed by atoms with van der Waals surface area (Å²) in [5.41, 5.74) is 0. The summed E-state index contributed by atoms with van der Waals surface area (Å²) < 4.78 is 20.4. The van der Waals surface area contributed by atoms with Crippen LogP contribution in [0.2, 0.25) is 0 Å². The van der Waals surface area contributed by atoms with Crippen LogP contribution < -0.4 is 0 Å². The molecule has 0 atom stereocenters. The fourth-order valence-electron chi connectivity index (χ4n) is 2.06. The van der Waals surface area contributed by atoms with Gasteiger partial charge < -0.3 is 0 Å². The number of hydrogen-bond donors (Lipinski definition) is 0.